The van der Waals surface area contributed by atoms with Crippen LogP contribution in [0, 0.1) is 17.0 Å². The number of nitrogens with one attached hydrogen (secondary N) is 1. The number of nitro groups is 1. The standard InChI is InChI=1S/C17H16N4O4/c1-9-12(8-13(18)17(22)23)15-11(10-4-6-19-7-5-10)2-3-14(21(24)25)16(15)20-9/h2-7,13,20H,8,18H2,1H3,(H,22,23). The molecule has 0 aliphatic heterocycles. The zero-order valence-corrected chi connectivity index (χ0v) is 13.4. The monoisotopic (exact) mass is 340 g/mol. The van der Waals surface area contributed by atoms with E-state index in [2.05, 4.69) is 9.97 Å². The van der Waals surface area contributed by atoms with Crippen LogP contribution in [0.15, 0.2) is 36.7 Å². The lowest BCUT2D eigenvalue weighted by atomic mass is 9.95. The van der Waals surface area contributed by atoms with Gasteiger partial charge in [0.15, 0.2) is 0 Å². The molecule has 25 heavy (non-hydrogen) atoms. The van der Waals surface area contributed by atoms with Crippen molar-refractivity contribution in [2.24, 2.45) is 5.73 Å². The fraction of sp³-hybridized carbons (Fsp3) is 0.176. The molecule has 2 aromatic heterocycles. The third-order valence-corrected chi connectivity index (χ3v) is 4.18. The van der Waals surface area contributed by atoms with Crippen molar-refractivity contribution < 1.29 is 14.8 Å². The average molecular weight is 340 g/mol. The molecule has 0 bridgehead atoms. The molecule has 0 amide bonds. The summed E-state index contributed by atoms with van der Waals surface area (Å²) in [5.41, 5.74) is 8.92. The number of benzene rings is 1. The lowest BCUT2D eigenvalue weighted by Gasteiger charge is -2.10. The van der Waals surface area contributed by atoms with Crippen LogP contribution in [-0.2, 0) is 11.2 Å². The van der Waals surface area contributed by atoms with Gasteiger partial charge in [-0.05, 0) is 41.8 Å². The number of nitrogens with two attached hydrogens (primary N) is 1. The molecule has 1 aromatic carbocycles. The Labute approximate surface area is 142 Å². The van der Waals surface area contributed by atoms with E-state index in [0.717, 1.165) is 11.1 Å². The van der Waals surface area contributed by atoms with Gasteiger partial charge in [0.2, 0.25) is 0 Å². The molecule has 0 aliphatic rings. The van der Waals surface area contributed by atoms with E-state index in [1.807, 2.05) is 0 Å². The topological polar surface area (TPSA) is 135 Å². The maximum Gasteiger partial charge on any atom is 0.320 e. The first kappa shape index (κ1) is 16.6. The van der Waals surface area contributed by atoms with Gasteiger partial charge >= 0.3 is 5.97 Å². The van der Waals surface area contributed by atoms with Crippen LogP contribution in [0.1, 0.15) is 11.3 Å². The molecule has 0 aliphatic carbocycles. The fourth-order valence-corrected chi connectivity index (χ4v) is 2.97. The van der Waals surface area contributed by atoms with Crippen molar-refractivity contribution in [3.63, 3.8) is 0 Å². The summed E-state index contributed by atoms with van der Waals surface area (Å²) in [6.45, 7) is 1.75. The highest BCUT2D eigenvalue weighted by atomic mass is 16.6. The van der Waals surface area contributed by atoms with Crippen LogP contribution in [0.3, 0.4) is 0 Å². The van der Waals surface area contributed by atoms with Crippen molar-refractivity contribution in [2.75, 3.05) is 0 Å². The van der Waals surface area contributed by atoms with E-state index in [0.29, 0.717) is 22.2 Å². The van der Waals surface area contributed by atoms with E-state index < -0.39 is 16.9 Å². The van der Waals surface area contributed by atoms with Gasteiger partial charge in [-0.15, -0.1) is 0 Å². The lowest BCUT2D eigenvalue weighted by molar-refractivity contribution is -0.383. The van der Waals surface area contributed by atoms with E-state index in [4.69, 9.17) is 10.8 Å². The predicted molar refractivity (Wildman–Crippen MR) is 92.2 cm³/mol. The summed E-state index contributed by atoms with van der Waals surface area (Å²) in [5.74, 6) is -1.12. The second kappa shape index (κ2) is 6.33. The van der Waals surface area contributed by atoms with E-state index in [9.17, 15) is 14.9 Å². The van der Waals surface area contributed by atoms with Crippen molar-refractivity contribution in [1.82, 2.24) is 9.97 Å². The third kappa shape index (κ3) is 2.94. The number of nitro benzene ring substituents is 1. The molecule has 1 atom stereocenters. The molecule has 8 heteroatoms. The quantitative estimate of drug-likeness (QED) is 0.482. The van der Waals surface area contributed by atoms with Crippen LogP contribution in [0.25, 0.3) is 22.0 Å². The Balaban J connectivity index is 2.32. The van der Waals surface area contributed by atoms with Crippen molar-refractivity contribution in [3.05, 3.63) is 58.0 Å². The van der Waals surface area contributed by atoms with Gasteiger partial charge < -0.3 is 15.8 Å². The highest BCUT2D eigenvalue weighted by molar-refractivity contribution is 6.03. The minimum atomic E-state index is -1.12. The first-order valence-corrected chi connectivity index (χ1v) is 7.57. The number of aromatic amines is 1. The number of fused-ring (bicyclic) bond motifs is 1. The summed E-state index contributed by atoms with van der Waals surface area (Å²) in [6.07, 6.45) is 3.33. The first-order chi connectivity index (χ1) is 11.9. The van der Waals surface area contributed by atoms with E-state index in [1.165, 1.54) is 6.07 Å². The minimum absolute atomic E-state index is 0.0638. The van der Waals surface area contributed by atoms with Crippen molar-refractivity contribution in [1.29, 1.82) is 0 Å². The molecular weight excluding hydrogens is 324 g/mol. The van der Waals surface area contributed by atoms with Crippen LogP contribution in [0.5, 0.6) is 0 Å². The Kier molecular flexibility index (Phi) is 4.20. The molecular formula is C17H16N4O4. The van der Waals surface area contributed by atoms with Gasteiger partial charge in [0.05, 0.1) is 4.92 Å². The number of aryl methyl sites for hydroxylation is 1. The molecule has 0 radical (unpaired) electrons. The summed E-state index contributed by atoms with van der Waals surface area (Å²) in [7, 11) is 0. The van der Waals surface area contributed by atoms with Crippen LogP contribution >= 0.6 is 0 Å². The molecule has 0 saturated carbocycles. The number of aliphatic carboxylic acids is 1. The molecule has 2 heterocycles. The Hall–Kier alpha value is -3.26. The molecule has 4 N–H and O–H groups in total. The number of aromatic nitrogens is 2. The number of hydrogen-bond donors (Lipinski definition) is 3. The summed E-state index contributed by atoms with van der Waals surface area (Å²) >= 11 is 0. The van der Waals surface area contributed by atoms with Gasteiger partial charge in [-0.25, -0.2) is 0 Å². The second-order valence-corrected chi connectivity index (χ2v) is 5.75. The maximum absolute atomic E-state index is 11.4. The van der Waals surface area contributed by atoms with Gasteiger partial charge in [0.25, 0.3) is 5.69 Å². The van der Waals surface area contributed by atoms with Crippen LogP contribution in [0.2, 0.25) is 0 Å². The summed E-state index contributed by atoms with van der Waals surface area (Å²) in [5, 5.41) is 21.1. The zero-order chi connectivity index (χ0) is 18.1. The third-order valence-electron chi connectivity index (χ3n) is 4.18. The Morgan fingerprint density at radius 2 is 2.04 bits per heavy atom. The number of nitrogens with zero attached hydrogens (tertiary/aromatic N) is 2. The summed E-state index contributed by atoms with van der Waals surface area (Å²) < 4.78 is 0. The molecule has 0 spiro atoms. The fourth-order valence-electron chi connectivity index (χ4n) is 2.97. The zero-order valence-electron chi connectivity index (χ0n) is 13.4. The van der Waals surface area contributed by atoms with Crippen molar-refractivity contribution in [3.8, 4) is 11.1 Å². The second-order valence-electron chi connectivity index (χ2n) is 5.75. The largest absolute Gasteiger partial charge is 0.480 e. The van der Waals surface area contributed by atoms with E-state index in [1.54, 1.807) is 37.5 Å². The van der Waals surface area contributed by atoms with Crippen molar-refractivity contribution in [2.45, 2.75) is 19.4 Å². The van der Waals surface area contributed by atoms with Gasteiger partial charge in [-0.1, -0.05) is 0 Å². The number of pyridine rings is 1. The smallest absolute Gasteiger partial charge is 0.320 e. The SMILES string of the molecule is Cc1[nH]c2c([N+](=O)[O-])ccc(-c3ccncc3)c2c1CC(N)C(=O)O. The molecule has 128 valence electrons. The van der Waals surface area contributed by atoms with Gasteiger partial charge in [-0.3, -0.25) is 19.9 Å². The number of non-ortho nitro benzene ring substituents is 1. The molecule has 8 nitrogen and oxygen atoms in total. The maximum atomic E-state index is 11.4. The van der Waals surface area contributed by atoms with E-state index >= 15 is 0 Å². The molecule has 3 aromatic rings. The molecule has 0 saturated heterocycles. The predicted octanol–water partition coefficient (Wildman–Crippen LogP) is 2.40. The van der Waals surface area contributed by atoms with Crippen LogP contribution in [0.4, 0.5) is 5.69 Å². The average Bonchev–Trinajstić information content (AvgIpc) is 2.91. The Morgan fingerprint density at radius 3 is 2.64 bits per heavy atom. The molecule has 1 unspecified atom stereocenters. The number of carbonyl (C=O) groups is 1. The highest BCUT2D eigenvalue weighted by Crippen LogP contribution is 2.37. The van der Waals surface area contributed by atoms with Gasteiger partial charge in [-0.2, -0.15) is 0 Å². The normalized spacial score (nSPS) is 12.2. The lowest BCUT2D eigenvalue weighted by Crippen LogP contribution is -2.32. The van der Waals surface area contributed by atoms with Gasteiger partial charge in [0.1, 0.15) is 11.6 Å². The molecule has 0 fully saturated rings. The molecule has 3 rings (SSSR count). The Morgan fingerprint density at radius 1 is 1.36 bits per heavy atom. The number of hydrogen-bond acceptors (Lipinski definition) is 5. The van der Waals surface area contributed by atoms with Crippen LogP contribution < -0.4 is 5.73 Å². The number of carboxylic acids is 1. The minimum Gasteiger partial charge on any atom is -0.480 e. The van der Waals surface area contributed by atoms with E-state index in [-0.39, 0.29) is 12.1 Å². The summed E-state index contributed by atoms with van der Waals surface area (Å²) in [4.78, 5) is 29.1. The van der Waals surface area contributed by atoms with Crippen molar-refractivity contribution >= 4 is 22.6 Å². The number of rotatable bonds is 5. The first-order valence-electron chi connectivity index (χ1n) is 7.57. The highest BCUT2D eigenvalue weighted by Gasteiger charge is 2.24. The van der Waals surface area contributed by atoms with Crippen LogP contribution in [-0.4, -0.2) is 32.0 Å². The summed E-state index contributed by atoms with van der Waals surface area (Å²) in [6, 6.07) is 5.60. The Bertz CT molecular complexity index is 966. The van der Waals surface area contributed by atoms with Gasteiger partial charge in [0, 0.05) is 36.0 Å². The number of carboxylic acid groups (broad SMARTS) is 1. The number of H-pyrrole nitrogens is 1.